The van der Waals surface area contributed by atoms with Crippen LogP contribution in [0.15, 0.2) is 16.6 Å². The molecule has 4 aliphatic heterocycles. The maximum Gasteiger partial charge on any atom is 0.240 e. The molecule has 8 heteroatoms. The maximum absolute atomic E-state index is 13.5. The first-order valence-corrected chi connectivity index (χ1v) is 14.4. The zero-order valence-corrected chi connectivity index (χ0v) is 22.2. The lowest BCUT2D eigenvalue weighted by Gasteiger charge is -2.46. The van der Waals surface area contributed by atoms with Crippen LogP contribution in [0.2, 0.25) is 0 Å². The fourth-order valence-electron chi connectivity index (χ4n) is 6.49. The van der Waals surface area contributed by atoms with E-state index < -0.39 is 0 Å². The second kappa shape index (κ2) is 13.2. The topological polar surface area (TPSA) is 68.2 Å². The van der Waals surface area contributed by atoms with E-state index in [0.29, 0.717) is 30.8 Å². The lowest BCUT2D eigenvalue weighted by molar-refractivity contribution is -0.150. The van der Waals surface area contributed by atoms with Crippen molar-refractivity contribution in [3.05, 3.63) is 11.6 Å². The van der Waals surface area contributed by atoms with Crippen LogP contribution in [0, 0.1) is 17.8 Å². The van der Waals surface area contributed by atoms with Crippen molar-refractivity contribution in [2.45, 2.75) is 83.2 Å². The molecule has 1 N–H and O–H groups in total. The highest BCUT2D eigenvalue weighted by Crippen LogP contribution is 2.34. The number of piperidine rings is 1. The molecule has 0 spiro atoms. The van der Waals surface area contributed by atoms with Crippen molar-refractivity contribution in [3.63, 3.8) is 0 Å². The number of amides is 2. The summed E-state index contributed by atoms with van der Waals surface area (Å²) in [7, 11) is 0. The summed E-state index contributed by atoms with van der Waals surface area (Å²) in [6.45, 7) is 7.32. The van der Waals surface area contributed by atoms with Crippen LogP contribution in [0.4, 0.5) is 0 Å². The Bertz CT molecular complexity index is 769. The van der Waals surface area contributed by atoms with E-state index in [1.54, 1.807) is 5.54 Å². The third kappa shape index (κ3) is 6.86. The number of nitrogens with one attached hydrogen (secondary N) is 1. The standard InChI is InChI=1S/C27H44ClN5O2/c1-2-21(8-6-12-28)18-25-24-19-29-13-10-23(24)27(35)33(30-25)20-22-9-7-16-31(22)17-11-26(34)32-14-4-3-5-15-32/h6,12-13,21-25,30H,2-5,7-11,14-20H2,1H3/b12-6+/t21?,22-,23?,24?,25?/m1/s1. The van der Waals surface area contributed by atoms with Crippen LogP contribution >= 0.6 is 11.6 Å². The first-order chi connectivity index (χ1) is 17.1. The van der Waals surface area contributed by atoms with Gasteiger partial charge in [-0.05, 0) is 70.0 Å². The Morgan fingerprint density at radius 3 is 2.86 bits per heavy atom. The SMILES string of the molecule is CCC(C/C=C/Cl)CC1NN(C[C@H]2CCCN2CCC(=O)N2CCCCC2)C(=O)C2CC=NCC12. The molecule has 35 heavy (non-hydrogen) atoms. The molecule has 0 saturated carbocycles. The monoisotopic (exact) mass is 505 g/mol. The van der Waals surface area contributed by atoms with Crippen molar-refractivity contribution in [1.29, 1.82) is 0 Å². The third-order valence-electron chi connectivity index (χ3n) is 8.68. The summed E-state index contributed by atoms with van der Waals surface area (Å²) in [6.07, 6.45) is 14.1. The molecule has 4 aliphatic rings. The summed E-state index contributed by atoms with van der Waals surface area (Å²) in [4.78, 5) is 35.2. The van der Waals surface area contributed by atoms with Gasteiger partial charge in [-0.2, -0.15) is 0 Å². The van der Waals surface area contributed by atoms with Gasteiger partial charge in [0.15, 0.2) is 0 Å². The Balaban J connectivity index is 1.36. The van der Waals surface area contributed by atoms with Gasteiger partial charge in [0.25, 0.3) is 0 Å². The molecule has 4 unspecified atom stereocenters. The first-order valence-electron chi connectivity index (χ1n) is 13.9. The van der Waals surface area contributed by atoms with Gasteiger partial charge in [-0.15, -0.1) is 0 Å². The van der Waals surface area contributed by atoms with E-state index >= 15 is 0 Å². The minimum absolute atomic E-state index is 0.0235. The average Bonchev–Trinajstić information content (AvgIpc) is 3.34. The van der Waals surface area contributed by atoms with Crippen LogP contribution in [0.25, 0.3) is 0 Å². The van der Waals surface area contributed by atoms with Gasteiger partial charge in [-0.1, -0.05) is 31.0 Å². The number of allylic oxidation sites excluding steroid dienone is 1. The normalized spacial score (nSPS) is 30.7. The number of hydrogen-bond donors (Lipinski definition) is 1. The zero-order valence-electron chi connectivity index (χ0n) is 21.4. The average molecular weight is 506 g/mol. The van der Waals surface area contributed by atoms with E-state index in [0.717, 1.165) is 84.1 Å². The van der Waals surface area contributed by atoms with Crippen LogP contribution in [0.1, 0.15) is 71.1 Å². The molecule has 0 bridgehead atoms. The molecule has 0 aromatic rings. The maximum atomic E-state index is 13.5. The van der Waals surface area contributed by atoms with E-state index in [2.05, 4.69) is 22.2 Å². The Labute approximate surface area is 216 Å². The molecular formula is C27H44ClN5O2. The van der Waals surface area contributed by atoms with Gasteiger partial charge in [0.2, 0.25) is 11.8 Å². The highest BCUT2D eigenvalue weighted by atomic mass is 35.5. The Morgan fingerprint density at radius 2 is 2.09 bits per heavy atom. The number of carbonyl (C=O) groups excluding carboxylic acids is 2. The van der Waals surface area contributed by atoms with Crippen molar-refractivity contribution in [3.8, 4) is 0 Å². The summed E-state index contributed by atoms with van der Waals surface area (Å²) in [5.74, 6) is 1.34. The molecule has 3 saturated heterocycles. The summed E-state index contributed by atoms with van der Waals surface area (Å²) >= 11 is 5.80. The Kier molecular flexibility index (Phi) is 10.0. The quantitative estimate of drug-likeness (QED) is 0.490. The van der Waals surface area contributed by atoms with Crippen molar-refractivity contribution >= 4 is 29.6 Å². The second-order valence-electron chi connectivity index (χ2n) is 10.9. The summed E-state index contributed by atoms with van der Waals surface area (Å²) in [5.41, 5.74) is 5.27. The third-order valence-corrected chi connectivity index (χ3v) is 8.86. The van der Waals surface area contributed by atoms with Crippen molar-refractivity contribution in [1.82, 2.24) is 20.2 Å². The molecule has 0 aromatic heterocycles. The highest BCUT2D eigenvalue weighted by molar-refractivity contribution is 6.25. The number of hydrazine groups is 1. The smallest absolute Gasteiger partial charge is 0.240 e. The van der Waals surface area contributed by atoms with Gasteiger partial charge in [0, 0.05) is 56.1 Å². The number of hydrogen-bond acceptors (Lipinski definition) is 5. The number of fused-ring (bicyclic) bond motifs is 1. The minimum atomic E-state index is 0.0235. The van der Waals surface area contributed by atoms with E-state index in [1.165, 1.54) is 6.42 Å². The van der Waals surface area contributed by atoms with E-state index in [1.807, 2.05) is 22.2 Å². The molecule has 4 rings (SSSR count). The molecule has 0 aliphatic carbocycles. The van der Waals surface area contributed by atoms with Gasteiger partial charge < -0.3 is 4.90 Å². The summed E-state index contributed by atoms with van der Waals surface area (Å²) < 4.78 is 0. The molecular weight excluding hydrogens is 462 g/mol. The van der Waals surface area contributed by atoms with Gasteiger partial charge >= 0.3 is 0 Å². The molecule has 196 valence electrons. The second-order valence-corrected chi connectivity index (χ2v) is 11.1. The predicted molar refractivity (Wildman–Crippen MR) is 141 cm³/mol. The number of nitrogens with zero attached hydrogens (tertiary/aromatic N) is 4. The molecule has 3 fully saturated rings. The van der Waals surface area contributed by atoms with Crippen molar-refractivity contribution < 1.29 is 9.59 Å². The fourth-order valence-corrected chi connectivity index (χ4v) is 6.59. The van der Waals surface area contributed by atoms with Crippen LogP contribution < -0.4 is 5.43 Å². The Hall–Kier alpha value is -1.44. The van der Waals surface area contributed by atoms with Gasteiger partial charge in [-0.25, -0.2) is 5.43 Å². The molecule has 7 nitrogen and oxygen atoms in total. The van der Waals surface area contributed by atoms with Crippen LogP contribution in [-0.2, 0) is 9.59 Å². The highest BCUT2D eigenvalue weighted by Gasteiger charge is 2.44. The number of rotatable bonds is 10. The predicted octanol–water partition coefficient (Wildman–Crippen LogP) is 3.83. The van der Waals surface area contributed by atoms with E-state index in [-0.39, 0.29) is 23.8 Å². The molecule has 2 amide bonds. The van der Waals surface area contributed by atoms with Crippen LogP contribution in [-0.4, -0.2) is 84.2 Å². The zero-order chi connectivity index (χ0) is 24.6. The lowest BCUT2D eigenvalue weighted by Crippen LogP contribution is -2.64. The summed E-state index contributed by atoms with van der Waals surface area (Å²) in [6, 6.07) is 0.565. The first kappa shape index (κ1) is 26.6. The number of halogens is 1. The van der Waals surface area contributed by atoms with E-state index in [9.17, 15) is 9.59 Å². The Morgan fingerprint density at radius 1 is 1.26 bits per heavy atom. The number of aliphatic imine (C=N–C) groups is 1. The lowest BCUT2D eigenvalue weighted by atomic mass is 9.76. The molecule has 0 aromatic carbocycles. The van der Waals surface area contributed by atoms with Gasteiger partial charge in [-0.3, -0.25) is 24.5 Å². The van der Waals surface area contributed by atoms with E-state index in [4.69, 9.17) is 11.6 Å². The van der Waals surface area contributed by atoms with Crippen molar-refractivity contribution in [2.75, 3.05) is 39.3 Å². The molecule has 4 heterocycles. The number of likely N-dealkylation sites (tertiary alicyclic amines) is 2. The van der Waals surface area contributed by atoms with Gasteiger partial charge in [0.1, 0.15) is 0 Å². The number of carbonyl (C=O) groups is 2. The fraction of sp³-hybridized carbons (Fsp3) is 0.815. The summed E-state index contributed by atoms with van der Waals surface area (Å²) in [5, 5.41) is 1.94. The van der Waals surface area contributed by atoms with Crippen LogP contribution in [0.3, 0.4) is 0 Å². The van der Waals surface area contributed by atoms with Gasteiger partial charge in [0.05, 0.1) is 12.5 Å². The minimum Gasteiger partial charge on any atom is -0.343 e. The molecule has 0 radical (unpaired) electrons. The van der Waals surface area contributed by atoms with Crippen LogP contribution in [0.5, 0.6) is 0 Å². The van der Waals surface area contributed by atoms with Crippen molar-refractivity contribution in [2.24, 2.45) is 22.7 Å². The largest absolute Gasteiger partial charge is 0.343 e. The molecule has 5 atom stereocenters.